The lowest BCUT2D eigenvalue weighted by atomic mass is 10.2. The number of thioether (sulfide) groups is 1. The first-order valence-electron chi connectivity index (χ1n) is 10.5. The number of nitrogens with zero attached hydrogens (tertiary/aromatic N) is 3. The van der Waals surface area contributed by atoms with Crippen molar-refractivity contribution in [2.75, 3.05) is 18.4 Å². The molecule has 1 amide bonds. The Bertz CT molecular complexity index is 954. The number of benzene rings is 2. The Labute approximate surface area is 181 Å². The molecule has 4 rings (SSSR count). The van der Waals surface area contributed by atoms with E-state index in [4.69, 9.17) is 0 Å². The summed E-state index contributed by atoms with van der Waals surface area (Å²) in [4.78, 5) is 14.2. The molecule has 0 unspecified atom stereocenters. The van der Waals surface area contributed by atoms with Crippen LogP contribution in [0, 0.1) is 0 Å². The zero-order chi connectivity index (χ0) is 20.8. The van der Waals surface area contributed by atoms with Crippen LogP contribution in [0.4, 0.5) is 5.69 Å². The highest BCUT2D eigenvalue weighted by molar-refractivity contribution is 8.00. The van der Waals surface area contributed by atoms with Crippen LogP contribution < -0.4 is 10.2 Å². The second kappa shape index (κ2) is 9.91. The van der Waals surface area contributed by atoms with Gasteiger partial charge in [0, 0.05) is 18.5 Å². The number of hydrogen-bond acceptors (Lipinski definition) is 4. The number of hydrogen-bond donors (Lipinski definition) is 2. The third kappa shape index (κ3) is 5.29. The number of amides is 1. The number of aromatic nitrogens is 3. The second-order valence-corrected chi connectivity index (χ2v) is 9.03. The zero-order valence-electron chi connectivity index (χ0n) is 17.3. The van der Waals surface area contributed by atoms with Gasteiger partial charge >= 0.3 is 0 Å². The molecule has 1 aliphatic heterocycles. The van der Waals surface area contributed by atoms with Crippen LogP contribution in [-0.4, -0.2) is 39.0 Å². The van der Waals surface area contributed by atoms with Crippen molar-refractivity contribution in [1.29, 1.82) is 0 Å². The average Bonchev–Trinajstić information content (AvgIpc) is 3.41. The van der Waals surface area contributed by atoms with Gasteiger partial charge in [-0.1, -0.05) is 60.3 Å². The van der Waals surface area contributed by atoms with Gasteiger partial charge in [0.15, 0.2) is 11.0 Å². The Morgan fingerprint density at radius 3 is 2.43 bits per heavy atom. The fourth-order valence-corrected chi connectivity index (χ4v) is 4.58. The van der Waals surface area contributed by atoms with Crippen molar-refractivity contribution < 1.29 is 9.69 Å². The summed E-state index contributed by atoms with van der Waals surface area (Å²) in [5, 5.41) is 12.5. The summed E-state index contributed by atoms with van der Waals surface area (Å²) in [7, 11) is 0. The van der Waals surface area contributed by atoms with Crippen molar-refractivity contribution in [3.63, 3.8) is 0 Å². The van der Waals surface area contributed by atoms with E-state index < -0.39 is 0 Å². The first-order chi connectivity index (χ1) is 14.7. The molecule has 2 heterocycles. The first-order valence-corrected chi connectivity index (χ1v) is 11.4. The van der Waals surface area contributed by atoms with Crippen LogP contribution in [0.1, 0.15) is 31.2 Å². The molecular formula is C23H28N5OS+. The summed E-state index contributed by atoms with van der Waals surface area (Å²) in [6.45, 7) is 5.89. The van der Waals surface area contributed by atoms with E-state index in [1.54, 1.807) is 4.90 Å². The molecule has 0 spiro atoms. The van der Waals surface area contributed by atoms with Crippen LogP contribution in [0.15, 0.2) is 65.8 Å². The lowest BCUT2D eigenvalue weighted by Gasteiger charge is -2.15. The third-order valence-electron chi connectivity index (χ3n) is 5.39. The van der Waals surface area contributed by atoms with Crippen LogP contribution in [0.25, 0.3) is 0 Å². The van der Waals surface area contributed by atoms with E-state index in [1.807, 2.05) is 55.5 Å². The van der Waals surface area contributed by atoms with Gasteiger partial charge in [-0.15, -0.1) is 10.2 Å². The van der Waals surface area contributed by atoms with Crippen LogP contribution in [0.2, 0.25) is 0 Å². The van der Waals surface area contributed by atoms with Crippen molar-refractivity contribution in [1.82, 2.24) is 14.8 Å². The maximum atomic E-state index is 12.7. The summed E-state index contributed by atoms with van der Waals surface area (Å²) in [5.74, 6) is 0.959. The van der Waals surface area contributed by atoms with E-state index in [2.05, 4.69) is 32.2 Å². The second-order valence-electron chi connectivity index (χ2n) is 7.72. The smallest absolute Gasteiger partial charge is 0.237 e. The molecule has 1 aromatic heterocycles. The van der Waals surface area contributed by atoms with E-state index in [0.717, 1.165) is 23.2 Å². The van der Waals surface area contributed by atoms with Gasteiger partial charge in [-0.3, -0.25) is 9.36 Å². The van der Waals surface area contributed by atoms with Gasteiger partial charge in [-0.05, 0) is 24.6 Å². The molecule has 7 heteroatoms. The number of carbonyl (C=O) groups is 1. The van der Waals surface area contributed by atoms with Crippen molar-refractivity contribution in [2.24, 2.45) is 0 Å². The van der Waals surface area contributed by atoms with E-state index in [0.29, 0.717) is 6.54 Å². The number of nitrogens with one attached hydrogen (secondary N) is 2. The minimum absolute atomic E-state index is 0.0350. The number of likely N-dealkylation sites (tertiary alicyclic amines) is 1. The first kappa shape index (κ1) is 20.6. The summed E-state index contributed by atoms with van der Waals surface area (Å²) in [6, 6.07) is 19.9. The predicted octanol–water partition coefficient (Wildman–Crippen LogP) is 2.62. The minimum Gasteiger partial charge on any atom is -0.329 e. The van der Waals surface area contributed by atoms with Crippen molar-refractivity contribution >= 4 is 23.4 Å². The Morgan fingerprint density at radius 2 is 1.73 bits per heavy atom. The molecule has 0 radical (unpaired) electrons. The third-order valence-corrected chi connectivity index (χ3v) is 6.47. The highest BCUT2D eigenvalue weighted by Crippen LogP contribution is 2.24. The zero-order valence-corrected chi connectivity index (χ0v) is 18.1. The molecule has 1 saturated heterocycles. The van der Waals surface area contributed by atoms with Gasteiger partial charge in [-0.25, -0.2) is 0 Å². The van der Waals surface area contributed by atoms with Gasteiger partial charge in [0.2, 0.25) is 5.91 Å². The number of rotatable bonds is 8. The quantitative estimate of drug-likeness (QED) is 0.548. The van der Waals surface area contributed by atoms with Gasteiger partial charge < -0.3 is 10.2 Å². The standard InChI is InChI=1S/C23H27N5OS/c1-18(22(29)24-20-12-6-3-7-13-20)30-23-26-25-21(17-27-14-8-9-15-27)28(23)16-19-10-4-2-5-11-19/h2-7,10-13,18H,8-9,14-17H2,1H3,(H,24,29)/p+1/t18-/m1/s1. The van der Waals surface area contributed by atoms with Gasteiger partial charge in [0.25, 0.3) is 0 Å². The summed E-state index contributed by atoms with van der Waals surface area (Å²) in [6.07, 6.45) is 2.56. The van der Waals surface area contributed by atoms with E-state index >= 15 is 0 Å². The van der Waals surface area contributed by atoms with Gasteiger partial charge in [0.05, 0.1) is 24.9 Å². The van der Waals surface area contributed by atoms with Crippen molar-refractivity contribution in [2.45, 2.75) is 43.3 Å². The topological polar surface area (TPSA) is 64.2 Å². The molecule has 1 atom stereocenters. The Hall–Kier alpha value is -2.64. The molecule has 0 bridgehead atoms. The van der Waals surface area contributed by atoms with E-state index in [9.17, 15) is 4.79 Å². The molecule has 30 heavy (non-hydrogen) atoms. The van der Waals surface area contributed by atoms with Crippen molar-refractivity contribution in [3.05, 3.63) is 72.1 Å². The molecule has 2 aromatic carbocycles. The summed E-state index contributed by atoms with van der Waals surface area (Å²) < 4.78 is 2.18. The molecule has 0 saturated carbocycles. The number of anilines is 1. The molecular weight excluding hydrogens is 394 g/mol. The SMILES string of the molecule is C[C@@H](Sc1nnc(C[NH+]2CCCC2)n1Cc1ccccc1)C(=O)Nc1ccccc1. The molecule has 1 fully saturated rings. The van der Waals surface area contributed by atoms with Gasteiger partial charge in [-0.2, -0.15) is 0 Å². The maximum Gasteiger partial charge on any atom is 0.237 e. The van der Waals surface area contributed by atoms with Gasteiger partial charge in [0.1, 0.15) is 6.54 Å². The minimum atomic E-state index is -0.282. The summed E-state index contributed by atoms with van der Waals surface area (Å²) >= 11 is 1.46. The Balaban J connectivity index is 1.50. The van der Waals surface area contributed by atoms with E-state index in [1.165, 1.54) is 43.3 Å². The largest absolute Gasteiger partial charge is 0.329 e. The van der Waals surface area contributed by atoms with Crippen LogP contribution in [0.5, 0.6) is 0 Å². The average molecular weight is 423 g/mol. The lowest BCUT2D eigenvalue weighted by molar-refractivity contribution is -0.902. The number of para-hydroxylation sites is 1. The predicted molar refractivity (Wildman–Crippen MR) is 120 cm³/mol. The highest BCUT2D eigenvalue weighted by atomic mass is 32.2. The monoisotopic (exact) mass is 422 g/mol. The lowest BCUT2D eigenvalue weighted by Crippen LogP contribution is -3.08. The molecule has 1 aliphatic rings. The fourth-order valence-electron chi connectivity index (χ4n) is 3.71. The molecule has 156 valence electrons. The molecule has 3 aromatic rings. The van der Waals surface area contributed by atoms with Crippen LogP contribution >= 0.6 is 11.8 Å². The normalized spacial score (nSPS) is 15.2. The van der Waals surface area contributed by atoms with Crippen LogP contribution in [-0.2, 0) is 17.9 Å². The number of quaternary nitrogens is 1. The Kier molecular flexibility index (Phi) is 6.81. The maximum absolute atomic E-state index is 12.7. The Morgan fingerprint density at radius 1 is 1.07 bits per heavy atom. The molecule has 0 aliphatic carbocycles. The van der Waals surface area contributed by atoms with E-state index in [-0.39, 0.29) is 11.2 Å². The highest BCUT2D eigenvalue weighted by Gasteiger charge is 2.24. The van der Waals surface area contributed by atoms with Crippen LogP contribution in [0.3, 0.4) is 0 Å². The van der Waals surface area contributed by atoms with Crippen molar-refractivity contribution in [3.8, 4) is 0 Å². The molecule has 2 N–H and O–H groups in total. The molecule has 6 nitrogen and oxygen atoms in total. The summed E-state index contributed by atoms with van der Waals surface area (Å²) in [5.41, 5.74) is 2.01. The fraction of sp³-hybridized carbons (Fsp3) is 0.348. The number of carbonyl (C=O) groups excluding carboxylic acids is 1.